The third kappa shape index (κ3) is 1.81. The summed E-state index contributed by atoms with van der Waals surface area (Å²) in [5.74, 6) is -0.897. The zero-order valence-corrected chi connectivity index (χ0v) is 11.6. The van der Waals surface area contributed by atoms with Crippen molar-refractivity contribution in [1.29, 1.82) is 0 Å². The Morgan fingerprint density at radius 3 is 2.95 bits per heavy atom. The Balaban J connectivity index is 1.55. The van der Waals surface area contributed by atoms with Crippen LogP contribution in [0.4, 0.5) is 11.4 Å². The maximum Gasteiger partial charge on any atom is 0.310 e. The number of rotatable bonds is 3. The molecule has 1 aliphatic heterocycles. The Kier molecular flexibility index (Phi) is 2.72. The highest BCUT2D eigenvalue weighted by atomic mass is 16.6. The van der Waals surface area contributed by atoms with Crippen molar-refractivity contribution in [3.8, 4) is 0 Å². The van der Waals surface area contributed by atoms with Crippen molar-refractivity contribution in [3.05, 3.63) is 34.4 Å². The number of hydrogen-bond donors (Lipinski definition) is 1. The monoisotopic (exact) mass is 302 g/mol. The molecular formula is C15H14N2O5. The number of ether oxygens (including phenoxy) is 1. The van der Waals surface area contributed by atoms with Gasteiger partial charge in [0.05, 0.1) is 16.8 Å². The van der Waals surface area contributed by atoms with E-state index in [9.17, 15) is 19.7 Å². The van der Waals surface area contributed by atoms with E-state index < -0.39 is 4.92 Å². The lowest BCUT2D eigenvalue weighted by atomic mass is 9.79. The fraction of sp³-hybridized carbons (Fsp3) is 0.467. The van der Waals surface area contributed by atoms with Crippen molar-refractivity contribution < 1.29 is 19.2 Å². The molecule has 1 heterocycles. The molecule has 1 aromatic rings. The minimum atomic E-state index is -0.508. The number of benzene rings is 1. The average molecular weight is 302 g/mol. The van der Waals surface area contributed by atoms with E-state index in [0.717, 1.165) is 12.8 Å². The first-order valence-electron chi connectivity index (χ1n) is 7.30. The van der Waals surface area contributed by atoms with Crippen LogP contribution in [0.1, 0.15) is 12.8 Å². The second-order valence-corrected chi connectivity index (χ2v) is 6.22. The number of nitro benzene ring substituents is 1. The summed E-state index contributed by atoms with van der Waals surface area (Å²) < 4.78 is 5.31. The molecule has 0 unspecified atom stereocenters. The molecule has 1 N–H and O–H groups in total. The molecule has 4 rings (SSSR count). The highest BCUT2D eigenvalue weighted by Crippen LogP contribution is 2.57. The van der Waals surface area contributed by atoms with Crippen LogP contribution in [-0.2, 0) is 14.3 Å². The molecule has 3 aliphatic rings. The van der Waals surface area contributed by atoms with Gasteiger partial charge in [0.1, 0.15) is 6.10 Å². The van der Waals surface area contributed by atoms with E-state index in [-0.39, 0.29) is 47.3 Å². The fourth-order valence-corrected chi connectivity index (χ4v) is 4.29. The number of fused-ring (bicyclic) bond motifs is 1. The molecule has 3 fully saturated rings. The second kappa shape index (κ2) is 4.53. The second-order valence-electron chi connectivity index (χ2n) is 6.22. The van der Waals surface area contributed by atoms with Crippen LogP contribution in [0.5, 0.6) is 0 Å². The molecule has 0 radical (unpaired) electrons. The number of hydrogen-bond acceptors (Lipinski definition) is 5. The van der Waals surface area contributed by atoms with E-state index >= 15 is 0 Å². The number of nitrogens with zero attached hydrogens (tertiary/aromatic N) is 1. The van der Waals surface area contributed by atoms with Crippen LogP contribution in [0.2, 0.25) is 0 Å². The van der Waals surface area contributed by atoms with Gasteiger partial charge < -0.3 is 10.1 Å². The molecule has 114 valence electrons. The number of non-ortho nitro benzene ring substituents is 1. The smallest absolute Gasteiger partial charge is 0.310 e. The lowest BCUT2D eigenvalue weighted by Gasteiger charge is -2.23. The van der Waals surface area contributed by atoms with E-state index in [4.69, 9.17) is 4.74 Å². The summed E-state index contributed by atoms with van der Waals surface area (Å²) in [4.78, 5) is 34.7. The molecule has 2 saturated carbocycles. The van der Waals surface area contributed by atoms with Gasteiger partial charge in [-0.15, -0.1) is 0 Å². The van der Waals surface area contributed by atoms with Gasteiger partial charge in [-0.3, -0.25) is 19.7 Å². The van der Waals surface area contributed by atoms with Gasteiger partial charge in [-0.25, -0.2) is 0 Å². The predicted molar refractivity (Wildman–Crippen MR) is 74.8 cm³/mol. The third-order valence-corrected chi connectivity index (χ3v) is 5.11. The number of amides is 1. The lowest BCUT2D eigenvalue weighted by Crippen LogP contribution is -2.35. The number of carbonyl (C=O) groups excluding carboxylic acids is 2. The molecule has 0 aromatic heterocycles. The zero-order valence-electron chi connectivity index (χ0n) is 11.6. The summed E-state index contributed by atoms with van der Waals surface area (Å²) in [7, 11) is 0. The van der Waals surface area contributed by atoms with Gasteiger partial charge >= 0.3 is 5.97 Å². The van der Waals surface area contributed by atoms with Crippen LogP contribution in [0, 0.1) is 33.8 Å². The first-order valence-corrected chi connectivity index (χ1v) is 7.30. The first kappa shape index (κ1) is 13.2. The minimum absolute atomic E-state index is 0.00985. The molecule has 1 aromatic carbocycles. The van der Waals surface area contributed by atoms with E-state index in [1.165, 1.54) is 18.2 Å². The summed E-state index contributed by atoms with van der Waals surface area (Å²) in [6.45, 7) is 0. The minimum Gasteiger partial charge on any atom is -0.462 e. The van der Waals surface area contributed by atoms with Crippen molar-refractivity contribution in [2.24, 2.45) is 23.7 Å². The van der Waals surface area contributed by atoms with Crippen molar-refractivity contribution in [3.63, 3.8) is 0 Å². The summed E-state index contributed by atoms with van der Waals surface area (Å²) in [6.07, 6.45) is 1.60. The Morgan fingerprint density at radius 2 is 2.18 bits per heavy atom. The van der Waals surface area contributed by atoms with Crippen LogP contribution < -0.4 is 5.32 Å². The molecular weight excluding hydrogens is 288 g/mol. The number of anilines is 1. The lowest BCUT2D eigenvalue weighted by molar-refractivity contribution is -0.384. The van der Waals surface area contributed by atoms with Crippen LogP contribution in [0.25, 0.3) is 0 Å². The van der Waals surface area contributed by atoms with Crippen LogP contribution in [-0.4, -0.2) is 22.9 Å². The highest BCUT2D eigenvalue weighted by molar-refractivity contribution is 5.97. The van der Waals surface area contributed by atoms with Gasteiger partial charge in [-0.2, -0.15) is 0 Å². The van der Waals surface area contributed by atoms with Gasteiger partial charge in [0.15, 0.2) is 0 Å². The normalized spacial score (nSPS) is 34.5. The van der Waals surface area contributed by atoms with Gasteiger partial charge in [0.25, 0.3) is 5.69 Å². The Labute approximate surface area is 125 Å². The maximum atomic E-state index is 12.5. The fourth-order valence-electron chi connectivity index (χ4n) is 4.29. The van der Waals surface area contributed by atoms with Crippen LogP contribution in [0.3, 0.4) is 0 Å². The van der Waals surface area contributed by atoms with Gasteiger partial charge in [-0.05, 0) is 24.8 Å². The maximum absolute atomic E-state index is 12.5. The molecule has 1 saturated heterocycles. The zero-order chi connectivity index (χ0) is 15.4. The van der Waals surface area contributed by atoms with Crippen LogP contribution >= 0.6 is 0 Å². The number of nitrogens with one attached hydrogen (secondary N) is 1. The quantitative estimate of drug-likeness (QED) is 0.521. The topological polar surface area (TPSA) is 98.5 Å². The predicted octanol–water partition coefficient (Wildman–Crippen LogP) is 1.73. The van der Waals surface area contributed by atoms with Gasteiger partial charge in [0.2, 0.25) is 5.91 Å². The van der Waals surface area contributed by atoms with Gasteiger partial charge in [-0.1, -0.05) is 6.07 Å². The number of esters is 1. The molecule has 1 amide bonds. The van der Waals surface area contributed by atoms with Crippen LogP contribution in [0.15, 0.2) is 24.3 Å². The molecule has 22 heavy (non-hydrogen) atoms. The molecule has 7 nitrogen and oxygen atoms in total. The SMILES string of the molecule is O=C(Nc1cccc([N+](=O)[O-])c1)[C@@H]1[C@@H]2C[C@H]3[C@@H]1C(=O)O[C@@H]3C2. The molecule has 7 heteroatoms. The molecule has 2 aliphatic carbocycles. The summed E-state index contributed by atoms with van der Waals surface area (Å²) >= 11 is 0. The molecule has 0 spiro atoms. The summed E-state index contributed by atoms with van der Waals surface area (Å²) in [5.41, 5.74) is 0.302. The number of nitro groups is 1. The molecule has 2 bridgehead atoms. The summed E-state index contributed by atoms with van der Waals surface area (Å²) in [6, 6.07) is 5.81. The Morgan fingerprint density at radius 1 is 1.36 bits per heavy atom. The largest absolute Gasteiger partial charge is 0.462 e. The van der Waals surface area contributed by atoms with Crippen molar-refractivity contribution in [2.45, 2.75) is 18.9 Å². The Bertz CT molecular complexity index is 686. The van der Waals surface area contributed by atoms with E-state index in [1.807, 2.05) is 0 Å². The van der Waals surface area contributed by atoms with E-state index in [0.29, 0.717) is 5.69 Å². The average Bonchev–Trinajstić information content (AvgIpc) is 3.08. The van der Waals surface area contributed by atoms with Crippen molar-refractivity contribution >= 4 is 23.3 Å². The van der Waals surface area contributed by atoms with Crippen molar-refractivity contribution in [1.82, 2.24) is 0 Å². The van der Waals surface area contributed by atoms with Gasteiger partial charge in [0, 0.05) is 23.7 Å². The standard InChI is InChI=1S/C15H14N2O5/c18-14(16-8-2-1-3-9(6-8)17(20)21)12-7-4-10-11(5-7)22-15(19)13(10)12/h1-3,6-7,10-13H,4-5H2,(H,16,18)/t7-,10-,11-,12-,13+/m1/s1. The highest BCUT2D eigenvalue weighted by Gasteiger charge is 2.63. The van der Waals surface area contributed by atoms with Crippen molar-refractivity contribution in [2.75, 3.05) is 5.32 Å². The third-order valence-electron chi connectivity index (χ3n) is 5.11. The first-order chi connectivity index (χ1) is 10.5. The van der Waals surface area contributed by atoms with E-state index in [1.54, 1.807) is 6.07 Å². The summed E-state index contributed by atoms with van der Waals surface area (Å²) in [5, 5.41) is 13.5. The number of carbonyl (C=O) groups is 2. The Hall–Kier alpha value is -2.44. The molecule has 5 atom stereocenters. The van der Waals surface area contributed by atoms with E-state index in [2.05, 4.69) is 5.32 Å².